The van der Waals surface area contributed by atoms with Crippen LogP contribution < -0.4 is 0 Å². The van der Waals surface area contributed by atoms with Crippen LogP contribution >= 0.6 is 0 Å². The van der Waals surface area contributed by atoms with Gasteiger partial charge in [0.2, 0.25) is 0 Å². The molecule has 1 atom stereocenters. The van der Waals surface area contributed by atoms with Gasteiger partial charge in [-0.15, -0.1) is 0 Å². The molecule has 1 fully saturated rings. The number of rotatable bonds is 2. The van der Waals surface area contributed by atoms with E-state index in [1.165, 1.54) is 0 Å². The summed E-state index contributed by atoms with van der Waals surface area (Å²) >= 11 is 0. The van der Waals surface area contributed by atoms with Crippen LogP contribution in [0.3, 0.4) is 0 Å². The lowest BCUT2D eigenvalue weighted by Crippen LogP contribution is -2.31. The lowest BCUT2D eigenvalue weighted by molar-refractivity contribution is 0.0734. The Labute approximate surface area is 137 Å². The highest BCUT2D eigenvalue weighted by atomic mass is 16.2. The second kappa shape index (κ2) is 5.80. The fourth-order valence-electron chi connectivity index (χ4n) is 3.39. The first kappa shape index (κ1) is 15.7. The molecule has 1 aliphatic heterocycles. The number of pyridine rings is 1. The highest BCUT2D eigenvalue weighted by Crippen LogP contribution is 2.33. The van der Waals surface area contributed by atoms with Gasteiger partial charge < -0.3 is 4.90 Å². The van der Waals surface area contributed by atoms with Gasteiger partial charge in [-0.25, -0.2) is 0 Å². The first-order valence-corrected chi connectivity index (χ1v) is 8.15. The fraction of sp³-hybridized carbons (Fsp3) is 0.500. The molecule has 0 radical (unpaired) electrons. The number of nitrogens with zero attached hydrogens (tertiary/aromatic N) is 4. The van der Waals surface area contributed by atoms with Crippen molar-refractivity contribution < 1.29 is 4.79 Å². The van der Waals surface area contributed by atoms with Gasteiger partial charge in [0.15, 0.2) is 0 Å². The summed E-state index contributed by atoms with van der Waals surface area (Å²) < 4.78 is 1.93. The van der Waals surface area contributed by atoms with Crippen LogP contribution in [0.1, 0.15) is 61.3 Å². The molecule has 5 heteroatoms. The van der Waals surface area contributed by atoms with Crippen molar-refractivity contribution in [2.45, 2.75) is 52.1 Å². The quantitative estimate of drug-likeness (QED) is 0.855. The Hall–Kier alpha value is -2.17. The average Bonchev–Trinajstić information content (AvgIpc) is 3.13. The van der Waals surface area contributed by atoms with Crippen LogP contribution in [0.25, 0.3) is 0 Å². The summed E-state index contributed by atoms with van der Waals surface area (Å²) in [5.41, 5.74) is 2.67. The highest BCUT2D eigenvalue weighted by molar-refractivity contribution is 5.95. The summed E-state index contributed by atoms with van der Waals surface area (Å²) in [5.74, 6) is 0.0808. The van der Waals surface area contributed by atoms with E-state index >= 15 is 0 Å². The molecule has 0 N–H and O–H groups in total. The Morgan fingerprint density at radius 3 is 2.57 bits per heavy atom. The lowest BCUT2D eigenvalue weighted by Gasteiger charge is -2.25. The minimum Gasteiger partial charge on any atom is -0.331 e. The number of amides is 1. The van der Waals surface area contributed by atoms with Crippen molar-refractivity contribution in [1.82, 2.24) is 19.7 Å². The van der Waals surface area contributed by atoms with Gasteiger partial charge in [0.05, 0.1) is 23.3 Å². The highest BCUT2D eigenvalue weighted by Gasteiger charge is 2.32. The Kier molecular flexibility index (Phi) is 3.96. The van der Waals surface area contributed by atoms with Gasteiger partial charge >= 0.3 is 0 Å². The molecule has 1 saturated heterocycles. The normalized spacial score (nSPS) is 18.4. The number of hydrogen-bond acceptors (Lipinski definition) is 3. The third-order valence-corrected chi connectivity index (χ3v) is 4.48. The van der Waals surface area contributed by atoms with Crippen molar-refractivity contribution in [3.63, 3.8) is 0 Å². The predicted molar refractivity (Wildman–Crippen MR) is 89.2 cm³/mol. The summed E-state index contributed by atoms with van der Waals surface area (Å²) in [6.45, 7) is 9.06. The third kappa shape index (κ3) is 2.87. The molecule has 1 aliphatic rings. The zero-order chi connectivity index (χ0) is 16.6. The van der Waals surface area contributed by atoms with Gasteiger partial charge in [-0.2, -0.15) is 5.10 Å². The first-order chi connectivity index (χ1) is 10.9. The van der Waals surface area contributed by atoms with Crippen molar-refractivity contribution in [2.24, 2.45) is 0 Å². The van der Waals surface area contributed by atoms with Crippen molar-refractivity contribution in [3.05, 3.63) is 47.5 Å². The largest absolute Gasteiger partial charge is 0.331 e. The Morgan fingerprint density at radius 1 is 1.26 bits per heavy atom. The van der Waals surface area contributed by atoms with E-state index in [0.717, 1.165) is 30.6 Å². The van der Waals surface area contributed by atoms with E-state index in [0.29, 0.717) is 5.56 Å². The van der Waals surface area contributed by atoms with E-state index < -0.39 is 0 Å². The molecular formula is C18H24N4O. The monoisotopic (exact) mass is 312 g/mol. The maximum absolute atomic E-state index is 13.0. The summed E-state index contributed by atoms with van der Waals surface area (Å²) in [5, 5.41) is 4.44. The molecule has 1 amide bonds. The summed E-state index contributed by atoms with van der Waals surface area (Å²) in [6.07, 6.45) is 7.33. The molecule has 0 unspecified atom stereocenters. The molecule has 3 rings (SSSR count). The second-order valence-corrected chi connectivity index (χ2v) is 7.16. The fourth-order valence-corrected chi connectivity index (χ4v) is 3.39. The van der Waals surface area contributed by atoms with Crippen LogP contribution in [0.2, 0.25) is 0 Å². The van der Waals surface area contributed by atoms with E-state index in [1.54, 1.807) is 18.6 Å². The minimum absolute atomic E-state index is 0.0808. The van der Waals surface area contributed by atoms with E-state index in [-0.39, 0.29) is 17.5 Å². The summed E-state index contributed by atoms with van der Waals surface area (Å²) in [6, 6.07) is 4.14. The maximum Gasteiger partial charge on any atom is 0.257 e. The standard InChI is InChI=1S/C18H24N4O/c1-13-15(12-20-22(13)18(2,3)4)17(23)21-11-5-6-16(21)14-7-9-19-10-8-14/h7-10,12,16H,5-6,11H2,1-4H3/t16-/m1/s1. The topological polar surface area (TPSA) is 51.0 Å². The molecule has 5 nitrogen and oxygen atoms in total. The van der Waals surface area contributed by atoms with Crippen LogP contribution in [0.4, 0.5) is 0 Å². The van der Waals surface area contributed by atoms with E-state index in [1.807, 2.05) is 28.6 Å². The number of likely N-dealkylation sites (tertiary alicyclic amines) is 1. The first-order valence-electron chi connectivity index (χ1n) is 8.15. The molecule has 0 spiro atoms. The van der Waals surface area contributed by atoms with Crippen LogP contribution in [0, 0.1) is 6.92 Å². The van der Waals surface area contributed by atoms with Gasteiger partial charge in [0, 0.05) is 24.6 Å². The van der Waals surface area contributed by atoms with Crippen LogP contribution in [0.5, 0.6) is 0 Å². The maximum atomic E-state index is 13.0. The number of carbonyl (C=O) groups excluding carboxylic acids is 1. The zero-order valence-electron chi connectivity index (χ0n) is 14.3. The van der Waals surface area contributed by atoms with Gasteiger partial charge in [-0.3, -0.25) is 14.5 Å². The molecule has 3 heterocycles. The average molecular weight is 312 g/mol. The van der Waals surface area contributed by atoms with Crippen LogP contribution in [0.15, 0.2) is 30.7 Å². The molecule has 23 heavy (non-hydrogen) atoms. The van der Waals surface area contributed by atoms with Gasteiger partial charge in [0.25, 0.3) is 5.91 Å². The van der Waals surface area contributed by atoms with Gasteiger partial charge in [-0.1, -0.05) is 0 Å². The summed E-state index contributed by atoms with van der Waals surface area (Å²) in [4.78, 5) is 19.1. The van der Waals surface area contributed by atoms with Crippen molar-refractivity contribution >= 4 is 5.91 Å². The van der Waals surface area contributed by atoms with E-state index in [2.05, 4.69) is 30.9 Å². The molecule has 0 aromatic carbocycles. The predicted octanol–water partition coefficient (Wildman–Crippen LogP) is 3.32. The molecule has 0 saturated carbocycles. The van der Waals surface area contributed by atoms with Gasteiger partial charge in [-0.05, 0) is 58.2 Å². The smallest absolute Gasteiger partial charge is 0.257 e. The number of hydrogen-bond donors (Lipinski definition) is 0. The van der Waals surface area contributed by atoms with Crippen LogP contribution in [-0.4, -0.2) is 32.1 Å². The van der Waals surface area contributed by atoms with Crippen molar-refractivity contribution in [3.8, 4) is 0 Å². The number of aromatic nitrogens is 3. The third-order valence-electron chi connectivity index (χ3n) is 4.48. The molecule has 0 aliphatic carbocycles. The van der Waals surface area contributed by atoms with E-state index in [4.69, 9.17) is 0 Å². The molecule has 2 aromatic rings. The Balaban J connectivity index is 1.90. The van der Waals surface area contributed by atoms with Gasteiger partial charge in [0.1, 0.15) is 0 Å². The van der Waals surface area contributed by atoms with Crippen LogP contribution in [-0.2, 0) is 5.54 Å². The Bertz CT molecular complexity index is 700. The van der Waals surface area contributed by atoms with Crippen molar-refractivity contribution in [2.75, 3.05) is 6.54 Å². The molecule has 0 bridgehead atoms. The molecule has 122 valence electrons. The lowest BCUT2D eigenvalue weighted by atomic mass is 10.1. The van der Waals surface area contributed by atoms with Crippen molar-refractivity contribution in [1.29, 1.82) is 0 Å². The van der Waals surface area contributed by atoms with E-state index in [9.17, 15) is 4.79 Å². The second-order valence-electron chi connectivity index (χ2n) is 7.16. The molecule has 2 aromatic heterocycles. The number of carbonyl (C=O) groups is 1. The zero-order valence-corrected chi connectivity index (χ0v) is 14.3. The SMILES string of the molecule is Cc1c(C(=O)N2CCC[C@@H]2c2ccncc2)cnn1C(C)(C)C. The molecular weight excluding hydrogens is 288 g/mol. The summed E-state index contributed by atoms with van der Waals surface area (Å²) in [7, 11) is 0. The minimum atomic E-state index is -0.127. The Morgan fingerprint density at radius 2 is 1.96 bits per heavy atom.